The first-order chi connectivity index (χ1) is 7.54. The lowest BCUT2D eigenvalue weighted by Crippen LogP contribution is -2.46. The summed E-state index contributed by atoms with van der Waals surface area (Å²) in [6.07, 6.45) is 0.303. The van der Waals surface area contributed by atoms with Crippen LogP contribution in [-0.2, 0) is 11.3 Å². The van der Waals surface area contributed by atoms with Gasteiger partial charge in [0, 0.05) is 24.5 Å². The van der Waals surface area contributed by atoms with Crippen molar-refractivity contribution in [3.63, 3.8) is 0 Å². The summed E-state index contributed by atoms with van der Waals surface area (Å²) in [5, 5.41) is 9.75. The Hall–Kier alpha value is -0.940. The van der Waals surface area contributed by atoms with E-state index in [1.54, 1.807) is 11.3 Å². The number of carboxylic acid groups (broad SMARTS) is 1. The molecule has 2 rings (SSSR count). The number of aromatic nitrogens is 1. The Kier molecular flexibility index (Phi) is 3.25. The molecular formula is C11H16N2O2S. The van der Waals surface area contributed by atoms with E-state index in [1.165, 1.54) is 4.88 Å². The quantitative estimate of drug-likeness (QED) is 0.869. The number of nitrogens with zero attached hydrogens (tertiary/aromatic N) is 2. The van der Waals surface area contributed by atoms with Gasteiger partial charge in [0.1, 0.15) is 0 Å². The lowest BCUT2D eigenvalue weighted by Gasteiger charge is -2.38. The molecule has 0 unspecified atom stereocenters. The molecule has 0 aromatic carbocycles. The molecule has 1 saturated heterocycles. The number of aryl methyl sites for hydroxylation is 2. The fraction of sp³-hybridized carbons (Fsp3) is 0.636. The topological polar surface area (TPSA) is 53.4 Å². The number of carbonyl (C=O) groups is 1. The van der Waals surface area contributed by atoms with Crippen LogP contribution in [0.25, 0.3) is 0 Å². The van der Waals surface area contributed by atoms with Crippen molar-refractivity contribution in [3.05, 3.63) is 15.6 Å². The molecule has 0 bridgehead atoms. The first-order valence-corrected chi connectivity index (χ1v) is 6.23. The predicted octanol–water partition coefficient (Wildman–Crippen LogP) is 1.67. The van der Waals surface area contributed by atoms with Crippen LogP contribution in [0.4, 0.5) is 0 Å². The van der Waals surface area contributed by atoms with Crippen LogP contribution < -0.4 is 0 Å². The minimum Gasteiger partial charge on any atom is -0.481 e. The summed E-state index contributed by atoms with van der Waals surface area (Å²) in [5.41, 5.74) is 1.11. The number of hydrogen-bond donors (Lipinski definition) is 1. The van der Waals surface area contributed by atoms with Crippen molar-refractivity contribution in [3.8, 4) is 0 Å². The van der Waals surface area contributed by atoms with E-state index < -0.39 is 5.97 Å². The molecule has 1 aliphatic heterocycles. The van der Waals surface area contributed by atoms with E-state index in [2.05, 4.69) is 9.88 Å². The Morgan fingerprint density at radius 1 is 1.56 bits per heavy atom. The standard InChI is InChI=1S/C11H16N2O2S/c1-7-10(16-8(2)12-7)6-13-4-9(5-13)3-11(14)15/h9H,3-6H2,1-2H3,(H,14,15). The van der Waals surface area contributed by atoms with Crippen LogP contribution in [0.15, 0.2) is 0 Å². The van der Waals surface area contributed by atoms with Crippen molar-refractivity contribution in [1.82, 2.24) is 9.88 Å². The Labute approximate surface area is 98.9 Å². The maximum absolute atomic E-state index is 10.5. The average molecular weight is 240 g/mol. The Morgan fingerprint density at radius 3 is 2.75 bits per heavy atom. The largest absolute Gasteiger partial charge is 0.481 e. The molecule has 0 atom stereocenters. The summed E-state index contributed by atoms with van der Waals surface area (Å²) in [4.78, 5) is 18.5. The van der Waals surface area contributed by atoms with Gasteiger partial charge in [0.2, 0.25) is 0 Å². The molecule has 88 valence electrons. The van der Waals surface area contributed by atoms with Crippen LogP contribution in [0.5, 0.6) is 0 Å². The summed E-state index contributed by atoms with van der Waals surface area (Å²) in [6, 6.07) is 0. The highest BCUT2D eigenvalue weighted by Crippen LogP contribution is 2.25. The van der Waals surface area contributed by atoms with Gasteiger partial charge in [0.05, 0.1) is 17.1 Å². The highest BCUT2D eigenvalue weighted by atomic mass is 32.1. The molecule has 1 fully saturated rings. The molecule has 0 saturated carbocycles. The lowest BCUT2D eigenvalue weighted by molar-refractivity contribution is -0.139. The highest BCUT2D eigenvalue weighted by Gasteiger charge is 2.29. The van der Waals surface area contributed by atoms with Gasteiger partial charge in [-0.05, 0) is 19.8 Å². The van der Waals surface area contributed by atoms with Gasteiger partial charge in [-0.25, -0.2) is 4.98 Å². The molecule has 1 aliphatic rings. The average Bonchev–Trinajstić information content (AvgIpc) is 2.40. The van der Waals surface area contributed by atoms with E-state index in [4.69, 9.17) is 5.11 Å². The van der Waals surface area contributed by atoms with Crippen LogP contribution in [-0.4, -0.2) is 34.0 Å². The molecular weight excluding hydrogens is 224 g/mol. The Morgan fingerprint density at radius 2 is 2.25 bits per heavy atom. The SMILES string of the molecule is Cc1nc(C)c(CN2CC(CC(=O)O)C2)s1. The third-order valence-electron chi connectivity index (χ3n) is 2.86. The normalized spacial score (nSPS) is 17.4. The number of rotatable bonds is 4. The van der Waals surface area contributed by atoms with Crippen molar-refractivity contribution >= 4 is 17.3 Å². The van der Waals surface area contributed by atoms with Gasteiger partial charge >= 0.3 is 5.97 Å². The number of hydrogen-bond acceptors (Lipinski definition) is 4. The third kappa shape index (κ3) is 2.59. The first-order valence-electron chi connectivity index (χ1n) is 5.41. The molecule has 2 heterocycles. The van der Waals surface area contributed by atoms with Gasteiger partial charge in [-0.1, -0.05) is 0 Å². The Bertz CT molecular complexity index is 397. The van der Waals surface area contributed by atoms with E-state index in [-0.39, 0.29) is 0 Å². The van der Waals surface area contributed by atoms with Gasteiger partial charge in [-0.15, -0.1) is 11.3 Å². The van der Waals surface area contributed by atoms with Gasteiger partial charge in [-0.3, -0.25) is 9.69 Å². The van der Waals surface area contributed by atoms with E-state index in [9.17, 15) is 4.79 Å². The van der Waals surface area contributed by atoms with Gasteiger partial charge in [0.25, 0.3) is 0 Å². The van der Waals surface area contributed by atoms with Crippen LogP contribution in [0.2, 0.25) is 0 Å². The van der Waals surface area contributed by atoms with Crippen molar-refractivity contribution in [1.29, 1.82) is 0 Å². The lowest BCUT2D eigenvalue weighted by atomic mass is 9.96. The first kappa shape index (κ1) is 11.5. The smallest absolute Gasteiger partial charge is 0.303 e. The molecule has 5 heteroatoms. The van der Waals surface area contributed by atoms with Gasteiger partial charge in [-0.2, -0.15) is 0 Å². The minimum atomic E-state index is -0.686. The number of aliphatic carboxylic acids is 1. The predicted molar refractivity (Wildman–Crippen MR) is 62.6 cm³/mol. The third-order valence-corrected chi connectivity index (χ3v) is 3.92. The summed E-state index contributed by atoms with van der Waals surface area (Å²) in [5.74, 6) is -0.346. The van der Waals surface area contributed by atoms with Gasteiger partial charge < -0.3 is 5.11 Å². The summed E-state index contributed by atoms with van der Waals surface area (Å²) < 4.78 is 0. The molecule has 1 aromatic heterocycles. The maximum Gasteiger partial charge on any atom is 0.303 e. The monoisotopic (exact) mass is 240 g/mol. The van der Waals surface area contributed by atoms with Crippen molar-refractivity contribution in [2.75, 3.05) is 13.1 Å². The molecule has 0 aliphatic carbocycles. The van der Waals surface area contributed by atoms with E-state index in [0.717, 1.165) is 30.3 Å². The minimum absolute atomic E-state index is 0.303. The fourth-order valence-corrected chi connectivity index (χ4v) is 3.08. The molecule has 0 radical (unpaired) electrons. The summed E-state index contributed by atoms with van der Waals surface area (Å²) in [6.45, 7) is 6.79. The maximum atomic E-state index is 10.5. The molecule has 1 N–H and O–H groups in total. The zero-order chi connectivity index (χ0) is 11.7. The molecule has 0 spiro atoms. The summed E-state index contributed by atoms with van der Waals surface area (Å²) in [7, 11) is 0. The summed E-state index contributed by atoms with van der Waals surface area (Å²) >= 11 is 1.74. The van der Waals surface area contributed by atoms with Crippen LogP contribution in [0.1, 0.15) is 22.0 Å². The number of thiazole rings is 1. The second-order valence-corrected chi connectivity index (χ2v) is 5.69. The zero-order valence-electron chi connectivity index (χ0n) is 9.56. The van der Waals surface area contributed by atoms with Gasteiger partial charge in [0.15, 0.2) is 0 Å². The zero-order valence-corrected chi connectivity index (χ0v) is 10.4. The highest BCUT2D eigenvalue weighted by molar-refractivity contribution is 7.11. The molecule has 1 aromatic rings. The van der Waals surface area contributed by atoms with Crippen molar-refractivity contribution in [2.24, 2.45) is 5.92 Å². The second kappa shape index (κ2) is 4.51. The molecule has 0 amide bonds. The molecule has 4 nitrogen and oxygen atoms in total. The number of likely N-dealkylation sites (tertiary alicyclic amines) is 1. The Balaban J connectivity index is 1.81. The molecule has 16 heavy (non-hydrogen) atoms. The van der Waals surface area contributed by atoms with E-state index >= 15 is 0 Å². The fourth-order valence-electron chi connectivity index (χ4n) is 2.11. The van der Waals surface area contributed by atoms with E-state index in [1.807, 2.05) is 13.8 Å². The van der Waals surface area contributed by atoms with Crippen molar-refractivity contribution in [2.45, 2.75) is 26.8 Å². The number of carboxylic acids is 1. The van der Waals surface area contributed by atoms with Crippen molar-refractivity contribution < 1.29 is 9.90 Å². The second-order valence-electron chi connectivity index (χ2n) is 4.40. The van der Waals surface area contributed by atoms with Crippen LogP contribution in [0, 0.1) is 19.8 Å². The van der Waals surface area contributed by atoms with E-state index in [0.29, 0.717) is 12.3 Å². The van der Waals surface area contributed by atoms with Crippen LogP contribution in [0.3, 0.4) is 0 Å². The van der Waals surface area contributed by atoms with Crippen LogP contribution >= 0.6 is 11.3 Å².